The normalized spacial score (nSPS) is 11.7. The maximum atomic E-state index is 6.46. The first-order valence-electron chi connectivity index (χ1n) is 14.7. The van der Waals surface area contributed by atoms with Gasteiger partial charge in [0, 0.05) is 59.5 Å². The molecule has 0 saturated carbocycles. The van der Waals surface area contributed by atoms with Gasteiger partial charge in [0.25, 0.3) is 0 Å². The molecule has 0 fully saturated rings. The number of para-hydroxylation sites is 1. The molecule has 0 bridgehead atoms. The number of hydrogen-bond acceptors (Lipinski definition) is 6. The fraction of sp³-hybridized carbons (Fsp3) is 0.0270. The van der Waals surface area contributed by atoms with Crippen molar-refractivity contribution in [1.82, 2.24) is 29.3 Å². The Morgan fingerprint density at radius 1 is 0.644 bits per heavy atom. The number of hydrogen-bond donors (Lipinski definition) is 0. The topological polar surface area (TPSA) is 77.8 Å². The van der Waals surface area contributed by atoms with E-state index >= 15 is 0 Å². The van der Waals surface area contributed by atoms with Crippen molar-refractivity contribution in [2.45, 2.75) is 0 Å². The summed E-state index contributed by atoms with van der Waals surface area (Å²) < 4.78 is 10.5. The second-order valence-electron chi connectivity index (χ2n) is 11.0. The summed E-state index contributed by atoms with van der Waals surface area (Å²) in [6.45, 7) is 0. The quantitative estimate of drug-likeness (QED) is 0.202. The molecule has 0 unspecified atom stereocenters. The average molecular weight is 584 g/mol. The smallest absolute Gasteiger partial charge is 0.179 e. The fourth-order valence-corrected chi connectivity index (χ4v) is 6.28. The van der Waals surface area contributed by atoms with Crippen LogP contribution in [0, 0.1) is 0 Å². The molecule has 8 heteroatoms. The van der Waals surface area contributed by atoms with Gasteiger partial charge < -0.3 is 9.32 Å². The van der Waals surface area contributed by atoms with E-state index in [-0.39, 0.29) is 0 Å². The predicted octanol–water partition coefficient (Wildman–Crippen LogP) is 8.74. The molecular formula is C37H25N7O. The van der Waals surface area contributed by atoms with E-state index < -0.39 is 0 Å². The molecule has 0 atom stereocenters. The minimum absolute atomic E-state index is 0.666. The minimum atomic E-state index is 0.666. The molecule has 0 saturated heterocycles. The van der Waals surface area contributed by atoms with Crippen molar-refractivity contribution in [1.29, 1.82) is 0 Å². The van der Waals surface area contributed by atoms with Gasteiger partial charge in [0.15, 0.2) is 11.2 Å². The summed E-state index contributed by atoms with van der Waals surface area (Å²) in [7, 11) is 1.93. The minimum Gasteiger partial charge on any atom is -0.450 e. The molecule has 9 rings (SSSR count). The summed E-state index contributed by atoms with van der Waals surface area (Å²) in [5.41, 5.74) is 9.66. The third-order valence-electron chi connectivity index (χ3n) is 8.24. The summed E-state index contributed by atoms with van der Waals surface area (Å²) in [5, 5.41) is 6.98. The van der Waals surface area contributed by atoms with E-state index in [1.54, 1.807) is 6.20 Å². The number of anilines is 3. The summed E-state index contributed by atoms with van der Waals surface area (Å²) in [5.74, 6) is 0.860. The maximum absolute atomic E-state index is 6.46. The Balaban J connectivity index is 1.34. The molecule has 0 aliphatic carbocycles. The van der Waals surface area contributed by atoms with Crippen LogP contribution in [0.5, 0.6) is 0 Å². The van der Waals surface area contributed by atoms with E-state index in [1.165, 1.54) is 5.39 Å². The highest BCUT2D eigenvalue weighted by Gasteiger charge is 2.23. The third-order valence-corrected chi connectivity index (χ3v) is 8.24. The van der Waals surface area contributed by atoms with Gasteiger partial charge in [-0.05, 0) is 66.7 Å². The number of furan rings is 1. The first-order chi connectivity index (χ1) is 22.2. The van der Waals surface area contributed by atoms with Gasteiger partial charge in [-0.25, -0.2) is 4.98 Å². The second kappa shape index (κ2) is 9.89. The number of benzene rings is 3. The zero-order valence-corrected chi connectivity index (χ0v) is 24.2. The zero-order valence-electron chi connectivity index (χ0n) is 24.2. The van der Waals surface area contributed by atoms with Crippen LogP contribution in [0.3, 0.4) is 0 Å². The lowest BCUT2D eigenvalue weighted by molar-refractivity contribution is 0.667. The second-order valence-corrected chi connectivity index (χ2v) is 11.0. The van der Waals surface area contributed by atoms with Crippen LogP contribution < -0.4 is 4.90 Å². The van der Waals surface area contributed by atoms with E-state index in [1.807, 2.05) is 72.8 Å². The van der Waals surface area contributed by atoms with Crippen LogP contribution in [0.25, 0.3) is 61.1 Å². The molecule has 214 valence electrons. The molecule has 0 N–H and O–H groups in total. The SMILES string of the molecule is Cn1ccc(-c2cccc(N(c3ccc4c5ccccc5n(-c5ccccn5)c4c3)c3ccnc4c3oc3cccnc34)c2)n1. The van der Waals surface area contributed by atoms with Gasteiger partial charge in [0.05, 0.1) is 22.4 Å². The Hall–Kier alpha value is -6.28. The van der Waals surface area contributed by atoms with Gasteiger partial charge in [0.2, 0.25) is 0 Å². The molecule has 8 nitrogen and oxygen atoms in total. The largest absolute Gasteiger partial charge is 0.450 e. The summed E-state index contributed by atoms with van der Waals surface area (Å²) in [6, 6.07) is 37.3. The molecule has 6 heterocycles. The first kappa shape index (κ1) is 25.2. The predicted molar refractivity (Wildman–Crippen MR) is 178 cm³/mol. The third kappa shape index (κ3) is 4.00. The maximum Gasteiger partial charge on any atom is 0.179 e. The highest BCUT2D eigenvalue weighted by Crippen LogP contribution is 2.43. The molecule has 0 spiro atoms. The molecular weight excluding hydrogens is 558 g/mol. The lowest BCUT2D eigenvalue weighted by Gasteiger charge is -2.26. The van der Waals surface area contributed by atoms with Gasteiger partial charge in [-0.3, -0.25) is 19.2 Å². The summed E-state index contributed by atoms with van der Waals surface area (Å²) in [6.07, 6.45) is 7.38. The van der Waals surface area contributed by atoms with E-state index in [0.717, 1.165) is 61.6 Å². The Labute approximate surface area is 257 Å². The van der Waals surface area contributed by atoms with Gasteiger partial charge in [-0.2, -0.15) is 5.10 Å². The van der Waals surface area contributed by atoms with Crippen LogP contribution in [0.1, 0.15) is 0 Å². The highest BCUT2D eigenvalue weighted by atomic mass is 16.3. The van der Waals surface area contributed by atoms with E-state index in [0.29, 0.717) is 11.2 Å². The lowest BCUT2D eigenvalue weighted by atomic mass is 10.1. The fourth-order valence-electron chi connectivity index (χ4n) is 6.28. The van der Waals surface area contributed by atoms with Crippen molar-refractivity contribution in [2.75, 3.05) is 4.90 Å². The average Bonchev–Trinajstić information content (AvgIpc) is 3.79. The van der Waals surface area contributed by atoms with Crippen LogP contribution in [0.2, 0.25) is 0 Å². The zero-order chi connectivity index (χ0) is 29.9. The standard InChI is InChI=1S/C37H25N7O/c1-42-21-17-29(41-42)24-8-6-9-25(22-24)43(31-16-20-40-36-35-33(45-37(31)36)12-7-19-39-35)26-14-15-28-27-10-2-3-11-30(27)44(32(28)23-26)34-13-4-5-18-38-34/h2-23H,1H3. The number of rotatable bonds is 5. The highest BCUT2D eigenvalue weighted by molar-refractivity contribution is 6.11. The van der Waals surface area contributed by atoms with Crippen LogP contribution in [0.4, 0.5) is 17.1 Å². The Bertz CT molecular complexity index is 2530. The van der Waals surface area contributed by atoms with Gasteiger partial charge >= 0.3 is 0 Å². The van der Waals surface area contributed by atoms with E-state index in [2.05, 4.69) is 86.3 Å². The number of aromatic nitrogens is 6. The Morgan fingerprint density at radius 3 is 2.38 bits per heavy atom. The van der Waals surface area contributed by atoms with Crippen molar-refractivity contribution in [3.8, 4) is 17.1 Å². The van der Waals surface area contributed by atoms with Gasteiger partial charge in [-0.15, -0.1) is 0 Å². The van der Waals surface area contributed by atoms with Crippen molar-refractivity contribution >= 4 is 61.1 Å². The van der Waals surface area contributed by atoms with Crippen LogP contribution >= 0.6 is 0 Å². The number of nitrogens with zero attached hydrogens (tertiary/aromatic N) is 7. The van der Waals surface area contributed by atoms with Crippen LogP contribution in [-0.2, 0) is 7.05 Å². The number of fused-ring (bicyclic) bond motifs is 6. The van der Waals surface area contributed by atoms with Crippen molar-refractivity contribution in [2.24, 2.45) is 7.05 Å². The molecule has 6 aromatic heterocycles. The molecule has 0 radical (unpaired) electrons. The van der Waals surface area contributed by atoms with Crippen LogP contribution in [0.15, 0.2) is 138 Å². The van der Waals surface area contributed by atoms with E-state index in [4.69, 9.17) is 14.4 Å². The lowest BCUT2D eigenvalue weighted by Crippen LogP contribution is -2.11. The molecule has 0 amide bonds. The van der Waals surface area contributed by atoms with Crippen LogP contribution in [-0.4, -0.2) is 29.3 Å². The van der Waals surface area contributed by atoms with Crippen molar-refractivity contribution in [3.63, 3.8) is 0 Å². The van der Waals surface area contributed by atoms with Gasteiger partial charge in [-0.1, -0.05) is 42.5 Å². The molecule has 0 aliphatic rings. The van der Waals surface area contributed by atoms with Crippen molar-refractivity contribution in [3.05, 3.63) is 134 Å². The number of aryl methyl sites for hydroxylation is 1. The molecule has 45 heavy (non-hydrogen) atoms. The van der Waals surface area contributed by atoms with Gasteiger partial charge in [0.1, 0.15) is 16.9 Å². The van der Waals surface area contributed by atoms with E-state index in [9.17, 15) is 0 Å². The first-order valence-corrected chi connectivity index (χ1v) is 14.7. The summed E-state index contributed by atoms with van der Waals surface area (Å²) >= 11 is 0. The van der Waals surface area contributed by atoms with Crippen molar-refractivity contribution < 1.29 is 4.42 Å². The monoisotopic (exact) mass is 583 g/mol. The Kier molecular flexibility index (Phi) is 5.55. The summed E-state index contributed by atoms with van der Waals surface area (Å²) in [4.78, 5) is 16.2. The molecule has 0 aliphatic heterocycles. The Morgan fingerprint density at radius 2 is 1.49 bits per heavy atom. The number of pyridine rings is 3. The molecule has 9 aromatic rings. The molecule has 3 aromatic carbocycles.